The molecule has 2 N–H and O–H groups in total. The number of rotatable bonds is 4. The van der Waals surface area contributed by atoms with Gasteiger partial charge in [0.2, 0.25) is 5.91 Å². The van der Waals surface area contributed by atoms with Gasteiger partial charge in [-0.25, -0.2) is 0 Å². The lowest BCUT2D eigenvalue weighted by Crippen LogP contribution is -2.46. The number of halogens is 1. The molecular formula is C15H21ClN2O2. The van der Waals surface area contributed by atoms with E-state index in [9.17, 15) is 9.90 Å². The average molecular weight is 297 g/mol. The molecule has 0 bridgehead atoms. The maximum Gasteiger partial charge on any atom is 0.234 e. The van der Waals surface area contributed by atoms with Gasteiger partial charge in [-0.1, -0.05) is 29.8 Å². The van der Waals surface area contributed by atoms with Crippen molar-refractivity contribution in [2.75, 3.05) is 19.6 Å². The van der Waals surface area contributed by atoms with Crippen molar-refractivity contribution in [2.24, 2.45) is 0 Å². The zero-order valence-corrected chi connectivity index (χ0v) is 12.5. The molecule has 0 aliphatic carbocycles. The number of nitrogens with one attached hydrogen (secondary N) is 1. The van der Waals surface area contributed by atoms with E-state index < -0.39 is 5.60 Å². The summed E-state index contributed by atoms with van der Waals surface area (Å²) >= 11 is 6.04. The third-order valence-corrected chi connectivity index (χ3v) is 4.10. The van der Waals surface area contributed by atoms with Gasteiger partial charge in [0.15, 0.2) is 0 Å². The van der Waals surface area contributed by atoms with Crippen molar-refractivity contribution in [3.05, 3.63) is 34.9 Å². The molecule has 1 fully saturated rings. The topological polar surface area (TPSA) is 52.6 Å². The lowest BCUT2D eigenvalue weighted by molar-refractivity contribution is -0.123. The molecule has 0 spiro atoms. The second-order valence-electron chi connectivity index (χ2n) is 5.64. The molecule has 110 valence electrons. The number of carbonyl (C=O) groups is 1. The zero-order chi connectivity index (χ0) is 14.6. The molecule has 1 aliphatic rings. The molecule has 1 aliphatic heterocycles. The van der Waals surface area contributed by atoms with E-state index in [2.05, 4.69) is 10.2 Å². The molecule has 0 atom stereocenters. The summed E-state index contributed by atoms with van der Waals surface area (Å²) in [6.07, 6.45) is 1.43. The average Bonchev–Trinajstić information content (AvgIpc) is 2.40. The van der Waals surface area contributed by atoms with Crippen LogP contribution in [0.2, 0.25) is 5.02 Å². The molecule has 0 unspecified atom stereocenters. The first kappa shape index (κ1) is 15.3. The summed E-state index contributed by atoms with van der Waals surface area (Å²) in [6.45, 7) is 4.19. The van der Waals surface area contributed by atoms with Crippen LogP contribution in [0.3, 0.4) is 0 Å². The summed E-state index contributed by atoms with van der Waals surface area (Å²) in [7, 11) is 0. The van der Waals surface area contributed by atoms with Crippen molar-refractivity contribution >= 4 is 17.5 Å². The van der Waals surface area contributed by atoms with Crippen LogP contribution in [-0.4, -0.2) is 41.1 Å². The quantitative estimate of drug-likeness (QED) is 0.891. The Labute approximate surface area is 124 Å². The monoisotopic (exact) mass is 296 g/mol. The van der Waals surface area contributed by atoms with Crippen LogP contribution < -0.4 is 5.32 Å². The lowest BCUT2D eigenvalue weighted by atomic mass is 9.94. The van der Waals surface area contributed by atoms with Crippen molar-refractivity contribution in [3.8, 4) is 0 Å². The predicted octanol–water partition coefficient (Wildman–Crippen LogP) is 1.80. The van der Waals surface area contributed by atoms with E-state index in [0.717, 1.165) is 18.7 Å². The van der Waals surface area contributed by atoms with Gasteiger partial charge in [-0.2, -0.15) is 0 Å². The third-order valence-electron chi connectivity index (χ3n) is 3.73. The van der Waals surface area contributed by atoms with Crippen LogP contribution in [0, 0.1) is 0 Å². The second-order valence-corrected chi connectivity index (χ2v) is 6.05. The van der Waals surface area contributed by atoms with E-state index in [1.165, 1.54) is 0 Å². The summed E-state index contributed by atoms with van der Waals surface area (Å²) in [4.78, 5) is 14.0. The minimum atomic E-state index is -0.579. The second kappa shape index (κ2) is 6.57. The van der Waals surface area contributed by atoms with Crippen LogP contribution in [0.15, 0.2) is 24.3 Å². The number of amides is 1. The Bertz CT molecular complexity index is 467. The molecule has 0 saturated carbocycles. The van der Waals surface area contributed by atoms with E-state index in [-0.39, 0.29) is 5.91 Å². The fourth-order valence-corrected chi connectivity index (χ4v) is 2.49. The molecule has 1 saturated heterocycles. The number of piperidine rings is 1. The summed E-state index contributed by atoms with van der Waals surface area (Å²) in [5.41, 5.74) is 0.342. The first-order valence-corrected chi connectivity index (χ1v) is 7.29. The van der Waals surface area contributed by atoms with Crippen molar-refractivity contribution in [1.29, 1.82) is 0 Å². The Morgan fingerprint density at radius 3 is 2.70 bits per heavy atom. The number of likely N-dealkylation sites (tertiary alicyclic amines) is 1. The summed E-state index contributed by atoms with van der Waals surface area (Å²) in [5, 5.41) is 13.4. The first-order chi connectivity index (χ1) is 9.46. The highest BCUT2D eigenvalue weighted by Gasteiger charge is 2.27. The van der Waals surface area contributed by atoms with Gasteiger partial charge in [0, 0.05) is 24.7 Å². The number of hydrogen-bond acceptors (Lipinski definition) is 3. The molecule has 0 radical (unpaired) electrons. The van der Waals surface area contributed by atoms with Crippen LogP contribution in [0.25, 0.3) is 0 Å². The SMILES string of the molecule is CC1(O)CCN(CC(=O)NCc2ccccc2Cl)CC1. The van der Waals surface area contributed by atoms with E-state index in [1.807, 2.05) is 31.2 Å². The number of carbonyl (C=O) groups excluding carboxylic acids is 1. The van der Waals surface area contributed by atoms with Crippen molar-refractivity contribution in [1.82, 2.24) is 10.2 Å². The maximum atomic E-state index is 11.9. The molecular weight excluding hydrogens is 276 g/mol. The Hall–Kier alpha value is -1.10. The van der Waals surface area contributed by atoms with E-state index in [0.29, 0.717) is 31.0 Å². The highest BCUT2D eigenvalue weighted by Crippen LogP contribution is 2.20. The molecule has 20 heavy (non-hydrogen) atoms. The number of benzene rings is 1. The van der Waals surface area contributed by atoms with Crippen LogP contribution in [0.1, 0.15) is 25.3 Å². The van der Waals surface area contributed by atoms with Gasteiger partial charge in [0.05, 0.1) is 12.1 Å². The minimum Gasteiger partial charge on any atom is -0.390 e. The van der Waals surface area contributed by atoms with Crippen molar-refractivity contribution in [3.63, 3.8) is 0 Å². The smallest absolute Gasteiger partial charge is 0.234 e. The molecule has 1 aromatic rings. The molecule has 5 heteroatoms. The molecule has 0 aromatic heterocycles. The van der Waals surface area contributed by atoms with Crippen LogP contribution >= 0.6 is 11.6 Å². The zero-order valence-electron chi connectivity index (χ0n) is 11.7. The Morgan fingerprint density at radius 2 is 2.05 bits per heavy atom. The van der Waals surface area contributed by atoms with E-state index in [4.69, 9.17) is 11.6 Å². The largest absolute Gasteiger partial charge is 0.390 e. The maximum absolute atomic E-state index is 11.9. The van der Waals surface area contributed by atoms with Gasteiger partial charge in [-0.15, -0.1) is 0 Å². The summed E-state index contributed by atoms with van der Waals surface area (Å²) in [5.74, 6) is -0.00791. The first-order valence-electron chi connectivity index (χ1n) is 6.91. The standard InChI is InChI=1S/C15H21ClN2O2/c1-15(20)6-8-18(9-7-15)11-14(19)17-10-12-4-2-3-5-13(12)16/h2-5,20H,6-11H2,1H3,(H,17,19). The molecule has 1 heterocycles. The minimum absolute atomic E-state index is 0.00791. The van der Waals surface area contributed by atoms with Gasteiger partial charge in [-0.3, -0.25) is 9.69 Å². The molecule has 4 nitrogen and oxygen atoms in total. The number of nitrogens with zero attached hydrogens (tertiary/aromatic N) is 1. The van der Waals surface area contributed by atoms with Gasteiger partial charge >= 0.3 is 0 Å². The molecule has 1 amide bonds. The van der Waals surface area contributed by atoms with Crippen LogP contribution in [-0.2, 0) is 11.3 Å². The Morgan fingerprint density at radius 1 is 1.40 bits per heavy atom. The Balaban J connectivity index is 1.75. The van der Waals surface area contributed by atoms with Crippen LogP contribution in [0.5, 0.6) is 0 Å². The van der Waals surface area contributed by atoms with Gasteiger partial charge < -0.3 is 10.4 Å². The summed E-state index contributed by atoms with van der Waals surface area (Å²) < 4.78 is 0. The van der Waals surface area contributed by atoms with Crippen molar-refractivity contribution < 1.29 is 9.90 Å². The highest BCUT2D eigenvalue weighted by atomic mass is 35.5. The van der Waals surface area contributed by atoms with Gasteiger partial charge in [0.25, 0.3) is 0 Å². The fraction of sp³-hybridized carbons (Fsp3) is 0.533. The van der Waals surface area contributed by atoms with E-state index in [1.54, 1.807) is 0 Å². The normalized spacial score (nSPS) is 18.8. The third kappa shape index (κ3) is 4.47. The van der Waals surface area contributed by atoms with E-state index >= 15 is 0 Å². The Kier molecular flexibility index (Phi) is 5.02. The summed E-state index contributed by atoms with van der Waals surface area (Å²) in [6, 6.07) is 7.49. The van der Waals surface area contributed by atoms with Gasteiger partial charge in [0.1, 0.15) is 0 Å². The number of aliphatic hydroxyl groups is 1. The fourth-order valence-electron chi connectivity index (χ4n) is 2.29. The molecule has 2 rings (SSSR count). The van der Waals surface area contributed by atoms with Crippen molar-refractivity contribution in [2.45, 2.75) is 31.9 Å². The molecule has 1 aromatic carbocycles. The number of hydrogen-bond donors (Lipinski definition) is 2. The van der Waals surface area contributed by atoms with Crippen LogP contribution in [0.4, 0.5) is 0 Å². The highest BCUT2D eigenvalue weighted by molar-refractivity contribution is 6.31. The predicted molar refractivity (Wildman–Crippen MR) is 79.6 cm³/mol. The van der Waals surface area contributed by atoms with Gasteiger partial charge in [-0.05, 0) is 31.4 Å². The lowest BCUT2D eigenvalue weighted by Gasteiger charge is -2.35.